The molecule has 1 aliphatic heterocycles. The van der Waals surface area contributed by atoms with Crippen molar-refractivity contribution in [2.24, 2.45) is 0 Å². The van der Waals surface area contributed by atoms with Gasteiger partial charge in [0.2, 0.25) is 6.79 Å². The molecule has 0 aromatic heterocycles. The van der Waals surface area contributed by atoms with Crippen LogP contribution in [0.2, 0.25) is 0 Å². The lowest BCUT2D eigenvalue weighted by atomic mass is 10.1. The zero-order valence-corrected chi connectivity index (χ0v) is 13.5. The Bertz CT molecular complexity index is 672. The topological polar surface area (TPSA) is 53.5 Å². The van der Waals surface area contributed by atoms with Crippen molar-refractivity contribution in [2.75, 3.05) is 27.6 Å². The Morgan fingerprint density at radius 3 is 2.52 bits per heavy atom. The summed E-state index contributed by atoms with van der Waals surface area (Å²) in [5.74, 6) is 3.22. The molecule has 0 atom stereocenters. The highest BCUT2D eigenvalue weighted by molar-refractivity contribution is 5.44. The van der Waals surface area contributed by atoms with E-state index >= 15 is 0 Å². The number of methoxy groups -OCH3 is 2. The Morgan fingerprint density at radius 1 is 0.913 bits per heavy atom. The Hall–Kier alpha value is -2.40. The van der Waals surface area contributed by atoms with Gasteiger partial charge in [0.25, 0.3) is 0 Å². The maximum Gasteiger partial charge on any atom is 0.231 e. The van der Waals surface area contributed by atoms with E-state index in [1.54, 1.807) is 14.2 Å². The predicted molar refractivity (Wildman–Crippen MR) is 86.3 cm³/mol. The van der Waals surface area contributed by atoms with Crippen LogP contribution in [-0.2, 0) is 13.0 Å². The summed E-state index contributed by atoms with van der Waals surface area (Å²) in [7, 11) is 3.31. The highest BCUT2D eigenvalue weighted by Crippen LogP contribution is 2.32. The fourth-order valence-corrected chi connectivity index (χ4v) is 2.64. The predicted octanol–water partition coefficient (Wildman–Crippen LogP) is 1.74. The lowest BCUT2D eigenvalue weighted by Crippen LogP contribution is -2.83. The van der Waals surface area contributed by atoms with Crippen LogP contribution in [0.3, 0.4) is 0 Å². The van der Waals surface area contributed by atoms with Gasteiger partial charge in [-0.25, -0.2) is 0 Å². The molecule has 2 N–H and O–H groups in total. The Labute approximate surface area is 136 Å². The van der Waals surface area contributed by atoms with Gasteiger partial charge in [-0.15, -0.1) is 0 Å². The van der Waals surface area contributed by atoms with Crippen molar-refractivity contribution in [3.63, 3.8) is 0 Å². The van der Waals surface area contributed by atoms with Gasteiger partial charge in [0, 0.05) is 12.0 Å². The number of ether oxygens (including phenoxy) is 4. The molecule has 1 heterocycles. The third-order valence-corrected chi connectivity index (χ3v) is 3.90. The van der Waals surface area contributed by atoms with Gasteiger partial charge >= 0.3 is 0 Å². The third-order valence-electron chi connectivity index (χ3n) is 3.90. The van der Waals surface area contributed by atoms with Gasteiger partial charge in [-0.1, -0.05) is 6.07 Å². The van der Waals surface area contributed by atoms with Gasteiger partial charge in [-0.3, -0.25) is 0 Å². The van der Waals surface area contributed by atoms with Crippen LogP contribution in [-0.4, -0.2) is 27.6 Å². The van der Waals surface area contributed by atoms with E-state index < -0.39 is 0 Å². The molecular formula is C18H22NO4+. The average molecular weight is 316 g/mol. The molecular weight excluding hydrogens is 294 g/mol. The number of nitrogens with two attached hydrogens (primary N) is 1. The molecule has 0 spiro atoms. The van der Waals surface area contributed by atoms with Gasteiger partial charge in [0.15, 0.2) is 23.0 Å². The van der Waals surface area contributed by atoms with E-state index in [9.17, 15) is 0 Å². The van der Waals surface area contributed by atoms with Gasteiger partial charge in [0.05, 0.1) is 20.8 Å². The molecule has 23 heavy (non-hydrogen) atoms. The molecule has 5 nitrogen and oxygen atoms in total. The third kappa shape index (κ3) is 3.68. The fourth-order valence-electron chi connectivity index (χ4n) is 2.64. The summed E-state index contributed by atoms with van der Waals surface area (Å²) in [5.41, 5.74) is 2.48. The van der Waals surface area contributed by atoms with Crippen LogP contribution in [0.1, 0.15) is 11.1 Å². The van der Waals surface area contributed by atoms with Gasteiger partial charge in [0.1, 0.15) is 6.54 Å². The van der Waals surface area contributed by atoms with E-state index in [-0.39, 0.29) is 0 Å². The number of quaternary nitrogens is 1. The number of hydrogen-bond donors (Lipinski definition) is 1. The molecule has 3 rings (SSSR count). The summed E-state index contributed by atoms with van der Waals surface area (Å²) in [6, 6.07) is 12.2. The zero-order chi connectivity index (χ0) is 16.1. The molecule has 0 unspecified atom stereocenters. The summed E-state index contributed by atoms with van der Waals surface area (Å²) in [4.78, 5) is 0. The van der Waals surface area contributed by atoms with Crippen molar-refractivity contribution in [1.29, 1.82) is 0 Å². The van der Waals surface area contributed by atoms with Crippen molar-refractivity contribution in [3.8, 4) is 23.0 Å². The van der Waals surface area contributed by atoms with E-state index in [4.69, 9.17) is 18.9 Å². The Morgan fingerprint density at radius 2 is 1.70 bits per heavy atom. The van der Waals surface area contributed by atoms with Crippen LogP contribution in [0.25, 0.3) is 0 Å². The second kappa shape index (κ2) is 7.24. The van der Waals surface area contributed by atoms with Crippen molar-refractivity contribution in [1.82, 2.24) is 0 Å². The van der Waals surface area contributed by atoms with E-state index in [0.29, 0.717) is 6.79 Å². The number of hydrogen-bond acceptors (Lipinski definition) is 4. The maximum absolute atomic E-state index is 5.40. The minimum Gasteiger partial charge on any atom is -0.493 e. The van der Waals surface area contributed by atoms with Gasteiger partial charge in [-0.05, 0) is 35.9 Å². The largest absolute Gasteiger partial charge is 0.493 e. The summed E-state index contributed by atoms with van der Waals surface area (Å²) in [6.07, 6.45) is 0.990. The minimum absolute atomic E-state index is 0.324. The summed E-state index contributed by atoms with van der Waals surface area (Å²) in [6.45, 7) is 2.24. The van der Waals surface area contributed by atoms with E-state index in [1.165, 1.54) is 11.1 Å². The number of rotatable bonds is 7. The van der Waals surface area contributed by atoms with Crippen LogP contribution in [0, 0.1) is 0 Å². The van der Waals surface area contributed by atoms with Crippen molar-refractivity contribution < 1.29 is 24.3 Å². The molecule has 0 saturated carbocycles. The highest BCUT2D eigenvalue weighted by atomic mass is 16.7. The average Bonchev–Trinajstić information content (AvgIpc) is 3.06. The van der Waals surface area contributed by atoms with Crippen molar-refractivity contribution in [3.05, 3.63) is 47.5 Å². The molecule has 0 bridgehead atoms. The monoisotopic (exact) mass is 316 g/mol. The fraction of sp³-hybridized carbons (Fsp3) is 0.333. The first-order valence-electron chi connectivity index (χ1n) is 7.71. The number of fused-ring (bicyclic) bond motifs is 1. The first-order chi connectivity index (χ1) is 11.3. The maximum atomic E-state index is 5.40. The van der Waals surface area contributed by atoms with Crippen LogP contribution in [0.15, 0.2) is 36.4 Å². The molecule has 0 amide bonds. The molecule has 2 aromatic rings. The second-order valence-corrected chi connectivity index (χ2v) is 5.41. The molecule has 0 radical (unpaired) electrons. The molecule has 122 valence electrons. The van der Waals surface area contributed by atoms with Crippen molar-refractivity contribution in [2.45, 2.75) is 13.0 Å². The lowest BCUT2D eigenvalue weighted by Gasteiger charge is -2.09. The van der Waals surface area contributed by atoms with Gasteiger partial charge in [-0.2, -0.15) is 0 Å². The quantitative estimate of drug-likeness (QED) is 0.791. The minimum atomic E-state index is 0.324. The number of benzene rings is 2. The molecule has 0 saturated heterocycles. The van der Waals surface area contributed by atoms with Crippen molar-refractivity contribution >= 4 is 0 Å². The molecule has 0 fully saturated rings. The first-order valence-corrected chi connectivity index (χ1v) is 7.71. The molecule has 2 aromatic carbocycles. The molecule has 0 aliphatic carbocycles. The molecule has 5 heteroatoms. The van der Waals surface area contributed by atoms with Crippen LogP contribution >= 0.6 is 0 Å². The van der Waals surface area contributed by atoms with Gasteiger partial charge < -0.3 is 24.3 Å². The Balaban J connectivity index is 1.50. The van der Waals surface area contributed by atoms with Crippen LogP contribution in [0.4, 0.5) is 0 Å². The standard InChI is InChI=1S/C18H21NO4/c1-20-15-5-4-14(10-17(15)21-2)11-19-8-7-13-3-6-16-18(9-13)23-12-22-16/h3-6,9-10,19H,7-8,11-12H2,1-2H3/p+1. The highest BCUT2D eigenvalue weighted by Gasteiger charge is 2.13. The summed E-state index contributed by atoms with van der Waals surface area (Å²) in [5, 5.41) is 2.28. The van der Waals surface area contributed by atoms with Crippen LogP contribution < -0.4 is 24.3 Å². The van der Waals surface area contributed by atoms with E-state index in [0.717, 1.165) is 42.5 Å². The SMILES string of the molecule is COc1ccc(C[NH2+]CCc2ccc3c(c2)OCO3)cc1OC. The van der Waals surface area contributed by atoms with Crippen LogP contribution in [0.5, 0.6) is 23.0 Å². The van der Waals surface area contributed by atoms with E-state index in [1.807, 2.05) is 18.2 Å². The lowest BCUT2D eigenvalue weighted by molar-refractivity contribution is -0.670. The molecule has 1 aliphatic rings. The van der Waals surface area contributed by atoms with E-state index in [2.05, 4.69) is 23.5 Å². The first kappa shape index (κ1) is 15.5. The normalized spacial score (nSPS) is 12.3. The summed E-state index contributed by atoms with van der Waals surface area (Å²) < 4.78 is 21.3. The second-order valence-electron chi connectivity index (χ2n) is 5.41. The smallest absolute Gasteiger partial charge is 0.231 e. The summed E-state index contributed by atoms with van der Waals surface area (Å²) >= 11 is 0. The Kier molecular flexibility index (Phi) is 4.88. The zero-order valence-electron chi connectivity index (χ0n) is 13.5.